The molecular formula is C19H21N5O2. The summed E-state index contributed by atoms with van der Waals surface area (Å²) in [5, 5.41) is 7.83. The van der Waals surface area contributed by atoms with Crippen LogP contribution < -0.4 is 5.32 Å². The van der Waals surface area contributed by atoms with Crippen molar-refractivity contribution < 1.29 is 9.21 Å². The lowest BCUT2D eigenvalue weighted by Crippen LogP contribution is -2.21. The van der Waals surface area contributed by atoms with E-state index in [1.165, 1.54) is 0 Å². The minimum atomic E-state index is 0.000771. The standard InChI is InChI=1S/C19H21N5O2/c1-4-20-18-17-14(9-13(10-15(17)25)16-6-5-7-26-16)24(23-18)19-21-11(2)8-12(3)22-19/h5-8,13H,4,9-10H2,1-3H3,(H,20,23)/t13-/m0/s1. The maximum Gasteiger partial charge on any atom is 0.251 e. The number of hydrogen-bond acceptors (Lipinski definition) is 6. The number of nitrogens with one attached hydrogen (secondary N) is 1. The number of aromatic nitrogens is 4. The Morgan fingerprint density at radius 1 is 1.27 bits per heavy atom. The summed E-state index contributed by atoms with van der Waals surface area (Å²) in [7, 11) is 0. The van der Waals surface area contributed by atoms with Crippen molar-refractivity contribution in [1.29, 1.82) is 0 Å². The quantitative estimate of drug-likeness (QED) is 0.777. The molecule has 0 fully saturated rings. The van der Waals surface area contributed by atoms with Crippen LogP contribution in [-0.4, -0.2) is 32.1 Å². The molecule has 7 heteroatoms. The van der Waals surface area contributed by atoms with E-state index < -0.39 is 0 Å². The molecule has 1 atom stereocenters. The maximum absolute atomic E-state index is 12.9. The van der Waals surface area contributed by atoms with Crippen molar-refractivity contribution in [3.63, 3.8) is 0 Å². The second-order valence-corrected chi connectivity index (χ2v) is 6.61. The number of carbonyl (C=O) groups is 1. The Morgan fingerprint density at radius 3 is 2.69 bits per heavy atom. The lowest BCUT2D eigenvalue weighted by atomic mass is 9.85. The number of rotatable bonds is 4. The third kappa shape index (κ3) is 2.79. The Kier molecular flexibility index (Phi) is 4.06. The number of anilines is 1. The average molecular weight is 351 g/mol. The normalized spacial score (nSPS) is 16.6. The van der Waals surface area contributed by atoms with Crippen LogP contribution in [0.25, 0.3) is 5.95 Å². The van der Waals surface area contributed by atoms with Gasteiger partial charge in [-0.3, -0.25) is 4.79 Å². The molecule has 3 aromatic heterocycles. The first-order chi connectivity index (χ1) is 12.6. The summed E-state index contributed by atoms with van der Waals surface area (Å²) in [6.45, 7) is 6.52. The van der Waals surface area contributed by atoms with Crippen LogP contribution >= 0.6 is 0 Å². The molecule has 0 radical (unpaired) electrons. The van der Waals surface area contributed by atoms with Gasteiger partial charge in [0, 0.05) is 36.7 Å². The van der Waals surface area contributed by atoms with Crippen molar-refractivity contribution in [3.05, 3.63) is 52.9 Å². The highest BCUT2D eigenvalue weighted by molar-refractivity contribution is 6.03. The van der Waals surface area contributed by atoms with Crippen LogP contribution in [0.4, 0.5) is 5.82 Å². The van der Waals surface area contributed by atoms with Gasteiger partial charge >= 0.3 is 0 Å². The number of carbonyl (C=O) groups excluding carboxylic acids is 1. The van der Waals surface area contributed by atoms with Crippen molar-refractivity contribution in [3.8, 4) is 5.95 Å². The second-order valence-electron chi connectivity index (χ2n) is 6.61. The SMILES string of the molecule is CCNc1nn(-c2nc(C)cc(C)n2)c2c1C(=O)C[C@@H](c1ccco1)C2. The minimum absolute atomic E-state index is 0.000771. The van der Waals surface area contributed by atoms with Gasteiger partial charge in [-0.2, -0.15) is 0 Å². The molecule has 0 amide bonds. The van der Waals surface area contributed by atoms with Crippen LogP contribution in [0.5, 0.6) is 0 Å². The zero-order valence-corrected chi connectivity index (χ0v) is 15.1. The van der Waals surface area contributed by atoms with Gasteiger partial charge in [0.15, 0.2) is 11.6 Å². The van der Waals surface area contributed by atoms with Gasteiger partial charge in [0.2, 0.25) is 0 Å². The molecule has 0 saturated carbocycles. The number of ketones is 1. The van der Waals surface area contributed by atoms with Gasteiger partial charge in [0.1, 0.15) is 5.76 Å². The zero-order valence-electron chi connectivity index (χ0n) is 15.1. The molecule has 0 aliphatic heterocycles. The van der Waals surface area contributed by atoms with E-state index in [9.17, 15) is 4.79 Å². The van der Waals surface area contributed by atoms with Gasteiger partial charge < -0.3 is 9.73 Å². The monoisotopic (exact) mass is 351 g/mol. The Balaban J connectivity index is 1.86. The van der Waals surface area contributed by atoms with Crippen LogP contribution in [0.2, 0.25) is 0 Å². The molecule has 3 heterocycles. The number of hydrogen-bond donors (Lipinski definition) is 1. The second kappa shape index (κ2) is 6.40. The summed E-state index contributed by atoms with van der Waals surface area (Å²) < 4.78 is 7.25. The Bertz CT molecular complexity index is 938. The van der Waals surface area contributed by atoms with E-state index in [0.717, 1.165) is 22.8 Å². The maximum atomic E-state index is 12.9. The fraction of sp³-hybridized carbons (Fsp3) is 0.368. The summed E-state index contributed by atoms with van der Waals surface area (Å²) in [6.07, 6.45) is 2.71. The van der Waals surface area contributed by atoms with Gasteiger partial charge in [-0.1, -0.05) is 0 Å². The third-order valence-electron chi connectivity index (χ3n) is 4.58. The van der Waals surface area contributed by atoms with E-state index in [2.05, 4.69) is 20.4 Å². The summed E-state index contributed by atoms with van der Waals surface area (Å²) in [5.41, 5.74) is 3.22. The molecule has 3 aromatic rings. The predicted octanol–water partition coefficient (Wildman–Crippen LogP) is 3.22. The van der Waals surface area contributed by atoms with Crippen molar-refractivity contribution >= 4 is 11.6 Å². The van der Waals surface area contributed by atoms with E-state index in [4.69, 9.17) is 4.42 Å². The van der Waals surface area contributed by atoms with Gasteiger partial charge in [-0.05, 0) is 39.0 Å². The molecule has 134 valence electrons. The van der Waals surface area contributed by atoms with E-state index in [1.54, 1.807) is 10.9 Å². The third-order valence-corrected chi connectivity index (χ3v) is 4.58. The summed E-state index contributed by atoms with van der Waals surface area (Å²) in [5.74, 6) is 1.99. The van der Waals surface area contributed by atoms with Crippen LogP contribution in [0.3, 0.4) is 0 Å². The topological polar surface area (TPSA) is 85.8 Å². The Labute approximate surface area is 151 Å². The first-order valence-corrected chi connectivity index (χ1v) is 8.81. The number of nitrogens with zero attached hydrogens (tertiary/aromatic N) is 4. The average Bonchev–Trinajstić information content (AvgIpc) is 3.22. The molecule has 1 aliphatic carbocycles. The van der Waals surface area contributed by atoms with Crippen molar-refractivity contribution in [1.82, 2.24) is 19.7 Å². The van der Waals surface area contributed by atoms with Crippen molar-refractivity contribution in [2.75, 3.05) is 11.9 Å². The summed E-state index contributed by atoms with van der Waals surface area (Å²) in [6, 6.07) is 5.69. The Hall–Kier alpha value is -2.96. The van der Waals surface area contributed by atoms with Crippen LogP contribution in [0, 0.1) is 13.8 Å². The molecule has 0 bridgehead atoms. The summed E-state index contributed by atoms with van der Waals surface area (Å²) >= 11 is 0. The minimum Gasteiger partial charge on any atom is -0.469 e. The highest BCUT2D eigenvalue weighted by atomic mass is 16.3. The molecule has 0 unspecified atom stereocenters. The van der Waals surface area contributed by atoms with Crippen molar-refractivity contribution in [2.45, 2.75) is 39.5 Å². The van der Waals surface area contributed by atoms with Crippen LogP contribution in [0.1, 0.15) is 52.5 Å². The number of furan rings is 1. The fourth-order valence-corrected chi connectivity index (χ4v) is 3.55. The molecular weight excluding hydrogens is 330 g/mol. The molecule has 7 nitrogen and oxygen atoms in total. The molecule has 0 spiro atoms. The smallest absolute Gasteiger partial charge is 0.251 e. The molecule has 0 aromatic carbocycles. The highest BCUT2D eigenvalue weighted by Crippen LogP contribution is 2.36. The Morgan fingerprint density at radius 2 is 2.04 bits per heavy atom. The van der Waals surface area contributed by atoms with E-state index in [0.29, 0.717) is 36.7 Å². The number of fused-ring (bicyclic) bond motifs is 1. The van der Waals surface area contributed by atoms with Gasteiger partial charge in [-0.15, -0.1) is 5.10 Å². The largest absolute Gasteiger partial charge is 0.469 e. The molecule has 4 rings (SSSR count). The zero-order chi connectivity index (χ0) is 18.3. The first kappa shape index (κ1) is 16.5. The molecule has 1 aliphatic rings. The van der Waals surface area contributed by atoms with Crippen molar-refractivity contribution in [2.24, 2.45) is 0 Å². The lowest BCUT2D eigenvalue weighted by Gasteiger charge is -2.20. The highest BCUT2D eigenvalue weighted by Gasteiger charge is 2.35. The number of Topliss-reactive ketones (excluding diaryl/α,β-unsaturated/α-hetero) is 1. The van der Waals surface area contributed by atoms with E-state index in [1.807, 2.05) is 39.0 Å². The number of aryl methyl sites for hydroxylation is 2. The molecule has 26 heavy (non-hydrogen) atoms. The molecule has 1 N–H and O–H groups in total. The van der Waals surface area contributed by atoms with Gasteiger partial charge in [0.25, 0.3) is 5.95 Å². The molecule has 0 saturated heterocycles. The van der Waals surface area contributed by atoms with Crippen LogP contribution in [0.15, 0.2) is 28.9 Å². The van der Waals surface area contributed by atoms with E-state index >= 15 is 0 Å². The van der Waals surface area contributed by atoms with E-state index in [-0.39, 0.29) is 11.7 Å². The lowest BCUT2D eigenvalue weighted by molar-refractivity contribution is 0.0960. The summed E-state index contributed by atoms with van der Waals surface area (Å²) in [4.78, 5) is 21.9. The first-order valence-electron chi connectivity index (χ1n) is 8.81. The van der Waals surface area contributed by atoms with Crippen LogP contribution in [-0.2, 0) is 6.42 Å². The predicted molar refractivity (Wildman–Crippen MR) is 96.9 cm³/mol. The fourth-order valence-electron chi connectivity index (χ4n) is 3.55. The van der Waals surface area contributed by atoms with Gasteiger partial charge in [0.05, 0.1) is 17.5 Å². The van der Waals surface area contributed by atoms with Gasteiger partial charge in [-0.25, -0.2) is 14.6 Å².